The van der Waals surface area contributed by atoms with E-state index in [0.29, 0.717) is 32.0 Å². The minimum absolute atomic E-state index is 0.0113. The fourth-order valence-electron chi connectivity index (χ4n) is 11.5. The number of hydrogen-bond donors (Lipinski definition) is 0. The minimum Gasteiger partial charge on any atom is -0.491 e. The molecule has 10 nitrogen and oxygen atoms in total. The smallest absolute Gasteiger partial charge is 0.260 e. The molecule has 7 aliphatic rings. The molecule has 2 aliphatic carbocycles. The standard InChI is InChI=1S/C32H27NO5.C27H32O4.2C2H6/c34-31-29-8-4-5-9-30(29)32(33(31)24-6-2-1-3-7-24,22-10-14-25(15-11-22)35-18-27-20-37-27)23-12-16-26(17-13-23)36-19-28-21-38-28;1-25(2)15-27(23-9-17(5-7-21(23)25)28-11-19-13-30-19)16-26(3,4)22-8-6-18(10-24(22)27)29-12-20-14-31-20;2*1-2/h1-17,27-28H,18-21H2;5-10,19-20H,11-16H2,1-4H3;2*1-2H3. The number of ether oxygens (including phenoxy) is 8. The first kappa shape index (κ1) is 50.4. The first-order valence-corrected chi connectivity index (χ1v) is 26.5. The maximum atomic E-state index is 14.1. The predicted molar refractivity (Wildman–Crippen MR) is 285 cm³/mol. The molecule has 6 aromatic carbocycles. The number of rotatable bonds is 15. The van der Waals surface area contributed by atoms with Gasteiger partial charge in [0.05, 0.1) is 26.4 Å². The molecule has 0 N–H and O–H groups in total. The third kappa shape index (κ3) is 10.1. The summed E-state index contributed by atoms with van der Waals surface area (Å²) in [6.45, 7) is 23.0. The molecule has 4 atom stereocenters. The van der Waals surface area contributed by atoms with Crippen LogP contribution in [0.4, 0.5) is 5.69 Å². The van der Waals surface area contributed by atoms with Gasteiger partial charge in [0.25, 0.3) is 5.91 Å². The van der Waals surface area contributed by atoms with Crippen molar-refractivity contribution in [2.75, 3.05) is 57.8 Å². The van der Waals surface area contributed by atoms with Crippen molar-refractivity contribution in [3.8, 4) is 23.0 Å². The molecule has 4 fully saturated rings. The first-order valence-electron chi connectivity index (χ1n) is 26.5. The molecule has 6 aromatic rings. The number of hydrogen-bond acceptors (Lipinski definition) is 9. The van der Waals surface area contributed by atoms with Crippen molar-refractivity contribution in [2.45, 2.75) is 114 Å². The van der Waals surface area contributed by atoms with Gasteiger partial charge in [0.2, 0.25) is 0 Å². The van der Waals surface area contributed by atoms with Crippen molar-refractivity contribution in [2.24, 2.45) is 0 Å². The summed E-state index contributed by atoms with van der Waals surface area (Å²) in [6, 6.07) is 47.4. The lowest BCUT2D eigenvalue weighted by Crippen LogP contribution is -2.46. The van der Waals surface area contributed by atoms with Gasteiger partial charge in [-0.2, -0.15) is 0 Å². The zero-order chi connectivity index (χ0) is 51.0. The fourth-order valence-corrected chi connectivity index (χ4v) is 11.5. The van der Waals surface area contributed by atoms with Crippen LogP contribution in [0.5, 0.6) is 23.0 Å². The van der Waals surface area contributed by atoms with E-state index in [1.54, 1.807) is 0 Å². The van der Waals surface area contributed by atoms with Gasteiger partial charge < -0.3 is 37.9 Å². The summed E-state index contributed by atoms with van der Waals surface area (Å²) < 4.78 is 45.3. The molecule has 382 valence electrons. The van der Waals surface area contributed by atoms with Crippen molar-refractivity contribution < 1.29 is 42.7 Å². The van der Waals surface area contributed by atoms with Crippen molar-refractivity contribution in [3.63, 3.8) is 0 Å². The van der Waals surface area contributed by atoms with Crippen LogP contribution in [-0.2, 0) is 40.7 Å². The number of nitrogens with zero attached hydrogens (tertiary/aromatic N) is 1. The Morgan fingerprint density at radius 2 is 0.822 bits per heavy atom. The molecule has 4 saturated heterocycles. The average Bonchev–Trinajstić information content (AvgIpc) is 4.20. The lowest BCUT2D eigenvalue weighted by molar-refractivity contribution is 0.0986. The number of para-hydroxylation sites is 1. The maximum absolute atomic E-state index is 14.1. The molecular formula is C63H71NO9. The third-order valence-electron chi connectivity index (χ3n) is 15.0. The fraction of sp³-hybridized carbons (Fsp3) is 0.413. The van der Waals surface area contributed by atoms with Crippen LogP contribution in [0.15, 0.2) is 140 Å². The van der Waals surface area contributed by atoms with Gasteiger partial charge in [-0.25, -0.2) is 0 Å². The average molecular weight is 986 g/mol. The molecule has 0 radical (unpaired) electrons. The molecule has 0 saturated carbocycles. The van der Waals surface area contributed by atoms with Gasteiger partial charge in [-0.3, -0.25) is 9.69 Å². The molecule has 0 bridgehead atoms. The summed E-state index contributed by atoms with van der Waals surface area (Å²) in [7, 11) is 0. The van der Waals surface area contributed by atoms with E-state index < -0.39 is 5.54 Å². The second kappa shape index (κ2) is 20.6. The molecule has 4 unspecified atom stereocenters. The summed E-state index contributed by atoms with van der Waals surface area (Å²) in [4.78, 5) is 16.0. The van der Waals surface area contributed by atoms with Crippen LogP contribution in [0.1, 0.15) is 118 Å². The van der Waals surface area contributed by atoms with E-state index in [0.717, 1.165) is 84.6 Å². The monoisotopic (exact) mass is 986 g/mol. The summed E-state index contributed by atoms with van der Waals surface area (Å²) in [5.41, 5.74) is 9.48. The van der Waals surface area contributed by atoms with Crippen LogP contribution >= 0.6 is 0 Å². The van der Waals surface area contributed by atoms with E-state index in [2.05, 4.69) is 94.4 Å². The normalized spacial score (nSPS) is 25.3. The molecule has 5 heterocycles. The first-order chi connectivity index (χ1) is 35.5. The number of benzene rings is 6. The Morgan fingerprint density at radius 1 is 0.452 bits per heavy atom. The van der Waals surface area contributed by atoms with Gasteiger partial charge in [-0.05, 0) is 129 Å². The molecule has 0 aromatic heterocycles. The van der Waals surface area contributed by atoms with E-state index in [9.17, 15) is 4.79 Å². The van der Waals surface area contributed by atoms with Gasteiger partial charge in [0.15, 0.2) is 0 Å². The molecule has 5 aliphatic heterocycles. The van der Waals surface area contributed by atoms with E-state index in [1.165, 1.54) is 22.3 Å². The largest absolute Gasteiger partial charge is 0.491 e. The summed E-state index contributed by atoms with van der Waals surface area (Å²) >= 11 is 0. The van der Waals surface area contributed by atoms with E-state index in [1.807, 2.05) is 105 Å². The quantitative estimate of drug-likeness (QED) is 0.0930. The highest BCUT2D eigenvalue weighted by atomic mass is 16.6. The second-order valence-corrected chi connectivity index (χ2v) is 21.0. The third-order valence-corrected chi connectivity index (χ3v) is 15.0. The predicted octanol–water partition coefficient (Wildman–Crippen LogP) is 12.1. The highest BCUT2D eigenvalue weighted by Crippen LogP contribution is 2.63. The van der Waals surface area contributed by atoms with Crippen molar-refractivity contribution >= 4 is 11.6 Å². The van der Waals surface area contributed by atoms with E-state index in [4.69, 9.17) is 37.9 Å². The number of carbonyl (C=O) groups is 1. The number of anilines is 1. The Balaban J connectivity index is 0.000000160. The van der Waals surface area contributed by atoms with Crippen molar-refractivity contribution in [1.29, 1.82) is 0 Å². The zero-order valence-electron chi connectivity index (χ0n) is 43.8. The minimum atomic E-state index is -0.884. The maximum Gasteiger partial charge on any atom is 0.260 e. The number of amides is 1. The number of carbonyl (C=O) groups excluding carboxylic acids is 1. The van der Waals surface area contributed by atoms with Crippen LogP contribution in [-0.4, -0.2) is 83.2 Å². The van der Waals surface area contributed by atoms with Crippen LogP contribution in [0.3, 0.4) is 0 Å². The van der Waals surface area contributed by atoms with Gasteiger partial charge in [-0.1, -0.05) is 128 Å². The van der Waals surface area contributed by atoms with Crippen molar-refractivity contribution in [3.05, 3.63) is 184 Å². The number of fused-ring (bicyclic) bond motifs is 5. The van der Waals surface area contributed by atoms with E-state index >= 15 is 0 Å². The van der Waals surface area contributed by atoms with Gasteiger partial charge in [0, 0.05) is 16.7 Å². The number of epoxide rings is 4. The topological polar surface area (TPSA) is 107 Å². The molecule has 13 rings (SSSR count). The van der Waals surface area contributed by atoms with Crippen LogP contribution in [0.25, 0.3) is 0 Å². The Kier molecular flexibility index (Phi) is 14.2. The Morgan fingerprint density at radius 3 is 1.23 bits per heavy atom. The molecule has 73 heavy (non-hydrogen) atoms. The second-order valence-electron chi connectivity index (χ2n) is 21.0. The SMILES string of the molecule is CC.CC.CC1(C)CC2(CC(C)(C)c3ccc(OCC4CO4)cc32)c2cc(OCC3CO3)ccc21.O=C1c2ccccc2C(c2ccc(OCC3CO3)cc2)(c2ccc(OCC3CO3)cc2)N1c1ccccc1. The van der Waals surface area contributed by atoms with Gasteiger partial charge in [-0.15, -0.1) is 0 Å². The van der Waals surface area contributed by atoms with Crippen LogP contribution in [0, 0.1) is 0 Å². The highest BCUT2D eigenvalue weighted by Gasteiger charge is 2.57. The zero-order valence-corrected chi connectivity index (χ0v) is 43.8. The van der Waals surface area contributed by atoms with Crippen LogP contribution < -0.4 is 23.8 Å². The Bertz CT molecular complexity index is 2720. The summed E-state index contributed by atoms with van der Waals surface area (Å²) in [5.74, 6) is 3.42. The van der Waals surface area contributed by atoms with Crippen molar-refractivity contribution in [1.82, 2.24) is 0 Å². The molecule has 10 heteroatoms. The molecular weight excluding hydrogens is 915 g/mol. The van der Waals surface area contributed by atoms with Crippen LogP contribution in [0.2, 0.25) is 0 Å². The van der Waals surface area contributed by atoms with E-state index in [-0.39, 0.29) is 46.6 Å². The van der Waals surface area contributed by atoms with Gasteiger partial charge in [0.1, 0.15) is 79.4 Å². The highest BCUT2D eigenvalue weighted by molar-refractivity contribution is 6.13. The lowest BCUT2D eigenvalue weighted by Gasteiger charge is -2.40. The molecule has 1 amide bonds. The Hall–Kier alpha value is -6.17. The summed E-state index contributed by atoms with van der Waals surface area (Å²) in [6.07, 6.45) is 3.11. The Labute approximate surface area is 431 Å². The molecule has 1 spiro atoms. The van der Waals surface area contributed by atoms with Gasteiger partial charge >= 0.3 is 0 Å². The summed E-state index contributed by atoms with van der Waals surface area (Å²) in [5, 5.41) is 0. The lowest BCUT2D eigenvalue weighted by atomic mass is 9.72.